The average molecular weight is 266 g/mol. The third-order valence-corrected chi connectivity index (χ3v) is 2.32. The maximum absolute atomic E-state index is 12.3. The molecule has 0 aromatic heterocycles. The van der Waals surface area contributed by atoms with Gasteiger partial charge in [0.05, 0.1) is 26.5 Å². The van der Waals surface area contributed by atoms with Crippen LogP contribution in [-0.4, -0.2) is 26.0 Å². The van der Waals surface area contributed by atoms with E-state index in [-0.39, 0.29) is 24.6 Å². The second-order valence-electron chi connectivity index (χ2n) is 3.35. The predicted octanol–water partition coefficient (Wildman–Crippen LogP) is 2.19. The number of alkyl halides is 1. The Morgan fingerprint density at radius 3 is 2.12 bits per heavy atom. The standard InChI is InChI=1S/C11H16FNO3.ClH/c1-15-9-5-7(14)6-10(16-2)11(9)8(13)3-4-12;/h5-6,8,14H,3-4,13H2,1-2H3;1H/t8-;/m1./s1. The largest absolute Gasteiger partial charge is 0.508 e. The van der Waals surface area contributed by atoms with Crippen LogP contribution in [0.3, 0.4) is 0 Å². The lowest BCUT2D eigenvalue weighted by molar-refractivity contribution is 0.362. The first-order valence-electron chi connectivity index (χ1n) is 4.90. The van der Waals surface area contributed by atoms with Crippen molar-refractivity contribution >= 4 is 12.4 Å². The zero-order chi connectivity index (χ0) is 12.1. The summed E-state index contributed by atoms with van der Waals surface area (Å²) < 4.78 is 22.5. The molecule has 4 nitrogen and oxygen atoms in total. The van der Waals surface area contributed by atoms with Crippen LogP contribution in [0.2, 0.25) is 0 Å². The van der Waals surface area contributed by atoms with E-state index < -0.39 is 12.7 Å². The molecule has 1 atom stereocenters. The fraction of sp³-hybridized carbons (Fsp3) is 0.455. The number of halogens is 2. The van der Waals surface area contributed by atoms with Gasteiger partial charge in [-0.3, -0.25) is 4.39 Å². The molecule has 0 heterocycles. The normalized spacial score (nSPS) is 11.5. The Morgan fingerprint density at radius 1 is 1.29 bits per heavy atom. The van der Waals surface area contributed by atoms with E-state index >= 15 is 0 Å². The fourth-order valence-electron chi connectivity index (χ4n) is 1.55. The molecule has 0 amide bonds. The highest BCUT2D eigenvalue weighted by molar-refractivity contribution is 5.85. The number of phenolic OH excluding ortho intramolecular Hbond substituents is 1. The van der Waals surface area contributed by atoms with Crippen LogP contribution in [0.15, 0.2) is 12.1 Å². The minimum Gasteiger partial charge on any atom is -0.508 e. The third kappa shape index (κ3) is 3.64. The SMILES string of the molecule is COc1cc(O)cc(OC)c1[C@H](N)CCF.Cl. The van der Waals surface area contributed by atoms with Gasteiger partial charge in [0.15, 0.2) is 0 Å². The fourth-order valence-corrected chi connectivity index (χ4v) is 1.55. The summed E-state index contributed by atoms with van der Waals surface area (Å²) in [6.45, 7) is -0.519. The highest BCUT2D eigenvalue weighted by Gasteiger charge is 2.18. The summed E-state index contributed by atoms with van der Waals surface area (Å²) in [5, 5.41) is 9.42. The first-order chi connectivity index (χ1) is 7.63. The van der Waals surface area contributed by atoms with Crippen LogP contribution in [0.5, 0.6) is 17.2 Å². The minimum atomic E-state index is -0.519. The molecule has 0 radical (unpaired) electrons. The summed E-state index contributed by atoms with van der Waals surface area (Å²) in [7, 11) is 2.92. The number of ether oxygens (including phenoxy) is 2. The number of aromatic hydroxyl groups is 1. The molecule has 0 saturated carbocycles. The average Bonchev–Trinajstić information content (AvgIpc) is 2.27. The van der Waals surface area contributed by atoms with Gasteiger partial charge in [-0.1, -0.05) is 0 Å². The number of hydrogen-bond donors (Lipinski definition) is 2. The first-order valence-corrected chi connectivity index (χ1v) is 4.90. The molecule has 98 valence electrons. The second kappa shape index (κ2) is 7.19. The Bertz CT molecular complexity index is 338. The highest BCUT2D eigenvalue weighted by atomic mass is 35.5. The van der Waals surface area contributed by atoms with E-state index in [1.165, 1.54) is 26.4 Å². The smallest absolute Gasteiger partial charge is 0.131 e. The summed E-state index contributed by atoms with van der Waals surface area (Å²) in [6, 6.07) is 2.34. The van der Waals surface area contributed by atoms with Crippen molar-refractivity contribution in [2.75, 3.05) is 20.9 Å². The van der Waals surface area contributed by atoms with E-state index in [2.05, 4.69) is 0 Å². The van der Waals surface area contributed by atoms with Gasteiger partial charge >= 0.3 is 0 Å². The lowest BCUT2D eigenvalue weighted by atomic mass is 10.0. The van der Waals surface area contributed by atoms with Gasteiger partial charge in [0.1, 0.15) is 17.2 Å². The number of phenols is 1. The number of benzene rings is 1. The van der Waals surface area contributed by atoms with E-state index in [4.69, 9.17) is 15.2 Å². The Labute approximate surface area is 106 Å². The van der Waals surface area contributed by atoms with Gasteiger partial charge in [-0.2, -0.15) is 0 Å². The number of methoxy groups -OCH3 is 2. The molecular formula is C11H17ClFNO3. The second-order valence-corrected chi connectivity index (χ2v) is 3.35. The van der Waals surface area contributed by atoms with Gasteiger partial charge in [-0.25, -0.2) is 0 Å². The monoisotopic (exact) mass is 265 g/mol. The van der Waals surface area contributed by atoms with E-state index in [0.29, 0.717) is 17.1 Å². The lowest BCUT2D eigenvalue weighted by Crippen LogP contribution is -2.13. The molecule has 0 saturated heterocycles. The maximum Gasteiger partial charge on any atom is 0.131 e. The van der Waals surface area contributed by atoms with Crippen molar-refractivity contribution in [1.82, 2.24) is 0 Å². The van der Waals surface area contributed by atoms with Crippen LogP contribution in [0.25, 0.3) is 0 Å². The van der Waals surface area contributed by atoms with E-state index in [1.807, 2.05) is 0 Å². The molecule has 3 N–H and O–H groups in total. The van der Waals surface area contributed by atoms with Gasteiger partial charge < -0.3 is 20.3 Å². The molecule has 0 aliphatic heterocycles. The predicted molar refractivity (Wildman–Crippen MR) is 66.0 cm³/mol. The van der Waals surface area contributed by atoms with Crippen LogP contribution in [-0.2, 0) is 0 Å². The van der Waals surface area contributed by atoms with Crippen molar-refractivity contribution in [1.29, 1.82) is 0 Å². The Hall–Kier alpha value is -1.20. The molecule has 1 aromatic carbocycles. The zero-order valence-electron chi connectivity index (χ0n) is 9.77. The molecule has 17 heavy (non-hydrogen) atoms. The highest BCUT2D eigenvalue weighted by Crippen LogP contribution is 2.37. The molecule has 0 spiro atoms. The maximum atomic E-state index is 12.3. The Kier molecular flexibility index (Phi) is 6.68. The molecule has 0 fully saturated rings. The molecule has 1 aromatic rings. The van der Waals surface area contributed by atoms with E-state index in [0.717, 1.165) is 0 Å². The quantitative estimate of drug-likeness (QED) is 0.857. The van der Waals surface area contributed by atoms with Crippen LogP contribution >= 0.6 is 12.4 Å². The van der Waals surface area contributed by atoms with Crippen molar-refractivity contribution in [3.05, 3.63) is 17.7 Å². The van der Waals surface area contributed by atoms with E-state index in [1.54, 1.807) is 0 Å². The topological polar surface area (TPSA) is 64.7 Å². The Morgan fingerprint density at radius 2 is 1.76 bits per heavy atom. The van der Waals surface area contributed by atoms with Crippen LogP contribution in [0.4, 0.5) is 4.39 Å². The van der Waals surface area contributed by atoms with Crippen molar-refractivity contribution in [3.8, 4) is 17.2 Å². The minimum absolute atomic E-state index is 0. The zero-order valence-corrected chi connectivity index (χ0v) is 10.6. The van der Waals surface area contributed by atoms with Crippen molar-refractivity contribution in [3.63, 3.8) is 0 Å². The summed E-state index contributed by atoms with van der Waals surface area (Å²) in [6.07, 6.45) is 0.178. The van der Waals surface area contributed by atoms with Crippen LogP contribution < -0.4 is 15.2 Å². The molecule has 0 aliphatic rings. The Balaban J connectivity index is 0.00000256. The number of rotatable bonds is 5. The van der Waals surface area contributed by atoms with Crippen molar-refractivity contribution < 1.29 is 19.0 Å². The lowest BCUT2D eigenvalue weighted by Gasteiger charge is -2.18. The molecule has 0 bridgehead atoms. The van der Waals surface area contributed by atoms with Crippen molar-refractivity contribution in [2.24, 2.45) is 5.73 Å². The molecule has 6 heteroatoms. The van der Waals surface area contributed by atoms with Gasteiger partial charge in [0.25, 0.3) is 0 Å². The molecule has 1 rings (SSSR count). The molecular weight excluding hydrogens is 249 g/mol. The molecule has 0 aliphatic carbocycles. The van der Waals surface area contributed by atoms with Crippen LogP contribution in [0.1, 0.15) is 18.0 Å². The van der Waals surface area contributed by atoms with Crippen LogP contribution in [0, 0.1) is 0 Å². The first kappa shape index (κ1) is 15.8. The van der Waals surface area contributed by atoms with Gasteiger partial charge in [0.2, 0.25) is 0 Å². The summed E-state index contributed by atoms with van der Waals surface area (Å²) in [5.41, 5.74) is 6.40. The summed E-state index contributed by atoms with van der Waals surface area (Å²) in [4.78, 5) is 0. The summed E-state index contributed by atoms with van der Waals surface area (Å²) >= 11 is 0. The number of hydrogen-bond acceptors (Lipinski definition) is 4. The van der Waals surface area contributed by atoms with Gasteiger partial charge in [-0.05, 0) is 6.42 Å². The number of nitrogens with two attached hydrogens (primary N) is 1. The van der Waals surface area contributed by atoms with E-state index in [9.17, 15) is 9.50 Å². The van der Waals surface area contributed by atoms with Gasteiger partial charge in [-0.15, -0.1) is 12.4 Å². The van der Waals surface area contributed by atoms with Gasteiger partial charge in [0, 0.05) is 18.2 Å². The third-order valence-electron chi connectivity index (χ3n) is 2.32. The summed E-state index contributed by atoms with van der Waals surface area (Å²) in [5.74, 6) is 0.820. The molecule has 0 unspecified atom stereocenters. The van der Waals surface area contributed by atoms with Crippen molar-refractivity contribution in [2.45, 2.75) is 12.5 Å².